The Morgan fingerprint density at radius 1 is 1.12 bits per heavy atom. The Morgan fingerprint density at radius 2 is 1.88 bits per heavy atom. The number of hydrogen-bond donors (Lipinski definition) is 1. The number of halogens is 2. The first-order chi connectivity index (χ1) is 19.2. The molecule has 1 aliphatic rings. The van der Waals surface area contributed by atoms with E-state index in [4.69, 9.17) is 21.3 Å². The topological polar surface area (TPSA) is 50.7 Å². The predicted octanol–water partition coefficient (Wildman–Crippen LogP) is 9.90. The standard InChI is InChI=1S/C33H32BrClN2O2S/c1-33(2,3)23-10-15-26-29(18-23)40-32(30(26)31(38)37-25-13-11-24(35)12-14-25)36-19-22-9-16-28(27(34)17-22)39-20-21-7-5-4-6-8-21/h4-9,11-14,16-17,19,23H,10,15,18,20H2,1-3H3,(H,37,38)/t23-/m0/s1. The fraction of sp³-hybridized carbons (Fsp3) is 0.273. The Bertz CT molecular complexity index is 1520. The molecule has 1 N–H and O–H groups in total. The summed E-state index contributed by atoms with van der Waals surface area (Å²) in [6.45, 7) is 7.40. The van der Waals surface area contributed by atoms with Crippen molar-refractivity contribution in [3.05, 3.63) is 109 Å². The van der Waals surface area contributed by atoms with Gasteiger partial charge >= 0.3 is 0 Å². The van der Waals surface area contributed by atoms with Crippen molar-refractivity contribution < 1.29 is 9.53 Å². The molecular formula is C33H32BrClN2O2S. The second-order valence-corrected chi connectivity index (χ2v) is 13.5. The maximum Gasteiger partial charge on any atom is 0.259 e. The van der Waals surface area contributed by atoms with Gasteiger partial charge in [-0.2, -0.15) is 0 Å². The van der Waals surface area contributed by atoms with Crippen molar-refractivity contribution in [2.45, 2.75) is 46.6 Å². The summed E-state index contributed by atoms with van der Waals surface area (Å²) < 4.78 is 6.85. The monoisotopic (exact) mass is 634 g/mol. The maximum absolute atomic E-state index is 13.6. The lowest BCUT2D eigenvalue weighted by molar-refractivity contribution is 0.102. The van der Waals surface area contributed by atoms with E-state index in [1.165, 1.54) is 4.88 Å². The van der Waals surface area contributed by atoms with Crippen molar-refractivity contribution in [3.8, 4) is 5.75 Å². The smallest absolute Gasteiger partial charge is 0.259 e. The van der Waals surface area contributed by atoms with Crippen LogP contribution in [0.25, 0.3) is 0 Å². The highest BCUT2D eigenvalue weighted by Gasteiger charge is 2.33. The molecule has 0 aliphatic heterocycles. The highest BCUT2D eigenvalue weighted by atomic mass is 79.9. The van der Waals surface area contributed by atoms with Gasteiger partial charge in [0, 0.05) is 21.8 Å². The van der Waals surface area contributed by atoms with E-state index in [9.17, 15) is 4.79 Å². The zero-order valence-electron chi connectivity index (χ0n) is 22.8. The second kappa shape index (κ2) is 12.3. The van der Waals surface area contributed by atoms with Gasteiger partial charge in [0.15, 0.2) is 0 Å². The van der Waals surface area contributed by atoms with E-state index in [0.717, 1.165) is 51.2 Å². The van der Waals surface area contributed by atoms with Gasteiger partial charge < -0.3 is 10.1 Å². The van der Waals surface area contributed by atoms with Gasteiger partial charge in [0.1, 0.15) is 17.4 Å². The van der Waals surface area contributed by atoms with Crippen LogP contribution in [0.4, 0.5) is 10.7 Å². The molecule has 1 aromatic heterocycles. The first-order valence-electron chi connectivity index (χ1n) is 13.4. The van der Waals surface area contributed by atoms with Crippen LogP contribution in [0.3, 0.4) is 0 Å². The number of ether oxygens (including phenoxy) is 1. The molecule has 4 nitrogen and oxygen atoms in total. The summed E-state index contributed by atoms with van der Waals surface area (Å²) in [4.78, 5) is 19.7. The highest BCUT2D eigenvalue weighted by molar-refractivity contribution is 9.10. The third kappa shape index (κ3) is 6.85. The van der Waals surface area contributed by atoms with Gasteiger partial charge in [-0.05, 0) is 106 Å². The van der Waals surface area contributed by atoms with Gasteiger partial charge in [-0.1, -0.05) is 62.7 Å². The molecule has 1 aliphatic carbocycles. The molecule has 0 radical (unpaired) electrons. The molecule has 0 saturated carbocycles. The number of aliphatic imine (C=N–C) groups is 1. The lowest BCUT2D eigenvalue weighted by atomic mass is 9.72. The molecule has 4 aromatic rings. The minimum Gasteiger partial charge on any atom is -0.488 e. The Labute approximate surface area is 253 Å². The van der Waals surface area contributed by atoms with E-state index in [1.807, 2.05) is 66.9 Å². The number of anilines is 1. The fourth-order valence-electron chi connectivity index (χ4n) is 4.95. The van der Waals surface area contributed by atoms with Crippen LogP contribution in [0.15, 0.2) is 82.3 Å². The van der Waals surface area contributed by atoms with Crippen molar-refractivity contribution >= 4 is 61.7 Å². The number of nitrogens with one attached hydrogen (secondary N) is 1. The van der Waals surface area contributed by atoms with E-state index >= 15 is 0 Å². The normalized spacial score (nSPS) is 15.2. The molecule has 0 bridgehead atoms. The molecule has 1 atom stereocenters. The number of carbonyl (C=O) groups excluding carboxylic acids is 1. The molecule has 3 aromatic carbocycles. The minimum absolute atomic E-state index is 0.132. The number of nitrogens with zero attached hydrogens (tertiary/aromatic N) is 1. The number of rotatable bonds is 7. The minimum atomic E-state index is -0.132. The van der Waals surface area contributed by atoms with Crippen molar-refractivity contribution in [1.82, 2.24) is 0 Å². The molecule has 7 heteroatoms. The van der Waals surface area contributed by atoms with Crippen LogP contribution >= 0.6 is 38.9 Å². The van der Waals surface area contributed by atoms with Crippen LogP contribution in [-0.2, 0) is 19.4 Å². The molecule has 1 heterocycles. The van der Waals surface area contributed by atoms with Gasteiger partial charge in [-0.25, -0.2) is 4.99 Å². The third-order valence-electron chi connectivity index (χ3n) is 7.32. The Balaban J connectivity index is 1.40. The van der Waals surface area contributed by atoms with Gasteiger partial charge in [0.05, 0.1) is 10.0 Å². The maximum atomic E-state index is 13.6. The average molecular weight is 636 g/mol. The summed E-state index contributed by atoms with van der Waals surface area (Å²) in [5.74, 6) is 1.21. The van der Waals surface area contributed by atoms with Gasteiger partial charge in [0.2, 0.25) is 0 Å². The molecule has 40 heavy (non-hydrogen) atoms. The lowest BCUT2D eigenvalue weighted by Gasteiger charge is -2.33. The summed E-state index contributed by atoms with van der Waals surface area (Å²) in [5.41, 5.74) is 4.77. The van der Waals surface area contributed by atoms with E-state index in [-0.39, 0.29) is 11.3 Å². The molecular weight excluding hydrogens is 604 g/mol. The Morgan fingerprint density at radius 3 is 2.58 bits per heavy atom. The predicted molar refractivity (Wildman–Crippen MR) is 171 cm³/mol. The summed E-state index contributed by atoms with van der Waals surface area (Å²) >= 11 is 11.3. The number of amides is 1. The third-order valence-corrected chi connectivity index (χ3v) is 9.36. The Hall–Kier alpha value is -2.93. The molecule has 1 amide bonds. The zero-order chi connectivity index (χ0) is 28.3. The van der Waals surface area contributed by atoms with E-state index < -0.39 is 0 Å². The number of carbonyl (C=O) groups is 1. The van der Waals surface area contributed by atoms with E-state index in [0.29, 0.717) is 28.8 Å². The number of hydrogen-bond acceptors (Lipinski definition) is 4. The molecule has 5 rings (SSSR count). The zero-order valence-corrected chi connectivity index (χ0v) is 26.0. The number of benzene rings is 3. The number of fused-ring (bicyclic) bond motifs is 1. The van der Waals surface area contributed by atoms with Gasteiger partial charge in [0.25, 0.3) is 5.91 Å². The summed E-state index contributed by atoms with van der Waals surface area (Å²) in [7, 11) is 0. The largest absolute Gasteiger partial charge is 0.488 e. The van der Waals surface area contributed by atoms with Crippen molar-refractivity contribution in [2.24, 2.45) is 16.3 Å². The van der Waals surface area contributed by atoms with Crippen LogP contribution in [0, 0.1) is 11.3 Å². The van der Waals surface area contributed by atoms with Crippen molar-refractivity contribution in [2.75, 3.05) is 5.32 Å². The quantitative estimate of drug-likeness (QED) is 0.206. The second-order valence-electron chi connectivity index (χ2n) is 11.2. The molecule has 206 valence electrons. The number of thiophene rings is 1. The Kier molecular flexibility index (Phi) is 8.79. The van der Waals surface area contributed by atoms with Crippen LogP contribution in [0.5, 0.6) is 5.75 Å². The summed E-state index contributed by atoms with van der Waals surface area (Å²) in [6.07, 6.45) is 4.74. The van der Waals surface area contributed by atoms with Crippen LogP contribution in [0.1, 0.15) is 59.1 Å². The van der Waals surface area contributed by atoms with Gasteiger partial charge in [-0.3, -0.25) is 4.79 Å². The van der Waals surface area contributed by atoms with E-state index in [1.54, 1.807) is 23.5 Å². The van der Waals surface area contributed by atoms with Crippen LogP contribution < -0.4 is 10.1 Å². The average Bonchev–Trinajstić information content (AvgIpc) is 3.30. The van der Waals surface area contributed by atoms with Crippen LogP contribution in [0.2, 0.25) is 5.02 Å². The summed E-state index contributed by atoms with van der Waals surface area (Å²) in [6, 6.07) is 23.2. The molecule has 0 fully saturated rings. The molecule has 0 unspecified atom stereocenters. The van der Waals surface area contributed by atoms with Gasteiger partial charge in [-0.15, -0.1) is 11.3 Å². The molecule has 0 spiro atoms. The van der Waals surface area contributed by atoms with Crippen LogP contribution in [-0.4, -0.2) is 12.1 Å². The van der Waals surface area contributed by atoms with E-state index in [2.05, 4.69) is 42.0 Å². The lowest BCUT2D eigenvalue weighted by Crippen LogP contribution is -2.27. The first kappa shape index (κ1) is 28.6. The van der Waals surface area contributed by atoms with Crippen molar-refractivity contribution in [1.29, 1.82) is 0 Å². The highest BCUT2D eigenvalue weighted by Crippen LogP contribution is 2.45. The molecule has 0 saturated heterocycles. The summed E-state index contributed by atoms with van der Waals surface area (Å²) in [5, 5.41) is 4.43. The first-order valence-corrected chi connectivity index (χ1v) is 15.4. The van der Waals surface area contributed by atoms with Crippen molar-refractivity contribution in [3.63, 3.8) is 0 Å². The fourth-order valence-corrected chi connectivity index (χ4v) is 6.85. The SMILES string of the molecule is CC(C)(C)[C@H]1CCc2c(sc(N=Cc3ccc(OCc4ccccc4)c(Br)c3)c2C(=O)Nc2ccc(Cl)cc2)C1.